The predicted molar refractivity (Wildman–Crippen MR) is 51.3 cm³/mol. The molecule has 0 fully saturated rings. The van der Waals surface area contributed by atoms with Crippen LogP contribution in [0.1, 0.15) is 20.3 Å². The molecule has 0 unspecified atom stereocenters. The van der Waals surface area contributed by atoms with Crippen LogP contribution in [-0.2, 0) is 4.79 Å². The molecule has 0 atom stereocenters. The van der Waals surface area contributed by atoms with Crippen molar-refractivity contribution in [3.8, 4) is 0 Å². The molecule has 3 nitrogen and oxygen atoms in total. The van der Waals surface area contributed by atoms with Gasteiger partial charge in [-0.15, -0.1) is 0 Å². The van der Waals surface area contributed by atoms with E-state index in [2.05, 4.69) is 0 Å². The Kier molecular flexibility index (Phi) is 9.47. The summed E-state index contributed by atoms with van der Waals surface area (Å²) in [4.78, 5) is 12.0. The number of carbonyl (C=O) groups is 1. The molecule has 0 bridgehead atoms. The molecule has 0 aliphatic rings. The van der Waals surface area contributed by atoms with Gasteiger partial charge in [-0.3, -0.25) is 0 Å². The maximum absolute atomic E-state index is 10.0. The molecule has 0 saturated carbocycles. The fourth-order valence-corrected chi connectivity index (χ4v) is 0.393. The largest absolute Gasteiger partial charge is 0.478 e. The molecule has 0 rings (SSSR count). The second-order valence-electron chi connectivity index (χ2n) is 2.94. The number of carboxylic acid groups (broad SMARTS) is 1. The normalized spacial score (nSPS) is 10.7. The molecule has 0 amide bonds. The average molecular weight is 173 g/mol. The number of carboxylic acids is 1. The summed E-state index contributed by atoms with van der Waals surface area (Å²) in [5, 5.41) is 8.24. The number of aliphatic carboxylic acids is 1. The molecule has 0 radical (unpaired) electrons. The number of hydrogen-bond donors (Lipinski definition) is 1. The van der Waals surface area contributed by atoms with Crippen LogP contribution >= 0.6 is 0 Å². The van der Waals surface area contributed by atoms with E-state index in [1.54, 1.807) is 13.0 Å². The van der Waals surface area contributed by atoms with Crippen LogP contribution in [0.2, 0.25) is 0 Å². The van der Waals surface area contributed by atoms with Gasteiger partial charge in [0.25, 0.3) is 0 Å². The third-order valence-corrected chi connectivity index (χ3v) is 0.848. The molecule has 0 aromatic rings. The maximum atomic E-state index is 10.0. The summed E-state index contributed by atoms with van der Waals surface area (Å²) in [6.45, 7) is 3.50. The van der Waals surface area contributed by atoms with Gasteiger partial charge in [-0.1, -0.05) is 13.0 Å². The van der Waals surface area contributed by atoms with Gasteiger partial charge in [0.1, 0.15) is 0 Å². The molecule has 0 aliphatic carbocycles. The highest BCUT2D eigenvalue weighted by atomic mass is 16.4. The van der Waals surface area contributed by atoms with Crippen LogP contribution < -0.4 is 0 Å². The van der Waals surface area contributed by atoms with Crippen molar-refractivity contribution in [3.63, 3.8) is 0 Å². The molecular formula is C9H19NO2. The summed E-state index contributed by atoms with van der Waals surface area (Å²) in [5.41, 5.74) is 0.424. The fourth-order valence-electron chi connectivity index (χ4n) is 0.393. The van der Waals surface area contributed by atoms with Crippen molar-refractivity contribution < 1.29 is 9.90 Å². The summed E-state index contributed by atoms with van der Waals surface area (Å²) in [6.07, 6.45) is 2.47. The lowest BCUT2D eigenvalue weighted by molar-refractivity contribution is -0.132. The van der Waals surface area contributed by atoms with Crippen molar-refractivity contribution in [1.29, 1.82) is 0 Å². The Morgan fingerprint density at radius 1 is 1.42 bits per heavy atom. The minimum Gasteiger partial charge on any atom is -0.478 e. The van der Waals surface area contributed by atoms with Crippen LogP contribution in [0.4, 0.5) is 0 Å². The van der Waals surface area contributed by atoms with Gasteiger partial charge < -0.3 is 10.0 Å². The molecule has 1 N–H and O–H groups in total. The molecule has 0 spiro atoms. The topological polar surface area (TPSA) is 40.5 Å². The van der Waals surface area contributed by atoms with Crippen molar-refractivity contribution in [2.75, 3.05) is 21.1 Å². The Balaban J connectivity index is 0. The maximum Gasteiger partial charge on any atom is 0.330 e. The van der Waals surface area contributed by atoms with Crippen LogP contribution in [0, 0.1) is 0 Å². The summed E-state index contributed by atoms with van der Waals surface area (Å²) in [6, 6.07) is 0. The van der Waals surface area contributed by atoms with Gasteiger partial charge >= 0.3 is 5.97 Å². The first-order valence-electron chi connectivity index (χ1n) is 3.92. The summed E-state index contributed by atoms with van der Waals surface area (Å²) < 4.78 is 0. The standard InChI is InChI=1S/C6H10O2.C3H9N/c1-3-4-5(2)6(7)8;1-4(2)3/h4H,3H2,1-2H3,(H,7,8);1-3H3/b5-4+;. The van der Waals surface area contributed by atoms with Gasteiger partial charge in [-0.25, -0.2) is 4.79 Å². The second kappa shape index (κ2) is 8.27. The van der Waals surface area contributed by atoms with E-state index in [9.17, 15) is 4.79 Å². The molecule has 72 valence electrons. The van der Waals surface area contributed by atoms with E-state index < -0.39 is 5.97 Å². The first-order chi connectivity index (χ1) is 5.41. The highest BCUT2D eigenvalue weighted by molar-refractivity contribution is 5.85. The van der Waals surface area contributed by atoms with Gasteiger partial charge in [0, 0.05) is 5.57 Å². The van der Waals surface area contributed by atoms with Crippen LogP contribution in [0.3, 0.4) is 0 Å². The zero-order valence-corrected chi connectivity index (χ0v) is 8.59. The quantitative estimate of drug-likeness (QED) is 0.645. The van der Waals surface area contributed by atoms with E-state index in [1.807, 2.05) is 33.0 Å². The molecule has 3 heteroatoms. The second-order valence-corrected chi connectivity index (χ2v) is 2.94. The van der Waals surface area contributed by atoms with E-state index in [1.165, 1.54) is 0 Å². The van der Waals surface area contributed by atoms with Crippen molar-refractivity contribution in [1.82, 2.24) is 4.90 Å². The molecular weight excluding hydrogens is 154 g/mol. The number of nitrogens with zero attached hydrogens (tertiary/aromatic N) is 1. The Labute approximate surface area is 74.7 Å². The zero-order valence-electron chi connectivity index (χ0n) is 8.59. The van der Waals surface area contributed by atoms with Crippen LogP contribution in [-0.4, -0.2) is 37.1 Å². The van der Waals surface area contributed by atoms with E-state index >= 15 is 0 Å². The van der Waals surface area contributed by atoms with E-state index in [0.29, 0.717) is 5.57 Å². The van der Waals surface area contributed by atoms with Crippen molar-refractivity contribution >= 4 is 5.97 Å². The highest BCUT2D eigenvalue weighted by Crippen LogP contribution is 1.92. The number of rotatable bonds is 2. The van der Waals surface area contributed by atoms with E-state index in [0.717, 1.165) is 6.42 Å². The SMILES string of the molecule is CC/C=C(\C)C(=O)O.CN(C)C. The number of hydrogen-bond acceptors (Lipinski definition) is 2. The predicted octanol–water partition coefficient (Wildman–Crippen LogP) is 1.61. The Morgan fingerprint density at radius 3 is 1.83 bits per heavy atom. The van der Waals surface area contributed by atoms with Gasteiger partial charge in [0.15, 0.2) is 0 Å². The molecule has 0 aromatic carbocycles. The average Bonchev–Trinajstić information content (AvgIpc) is 1.86. The van der Waals surface area contributed by atoms with Crippen molar-refractivity contribution in [2.45, 2.75) is 20.3 Å². The van der Waals surface area contributed by atoms with Crippen LogP contribution in [0.5, 0.6) is 0 Å². The molecule has 0 heterocycles. The van der Waals surface area contributed by atoms with Gasteiger partial charge in [0.2, 0.25) is 0 Å². The molecule has 0 aliphatic heterocycles. The first kappa shape index (κ1) is 13.7. The zero-order chi connectivity index (χ0) is 10.1. The van der Waals surface area contributed by atoms with Crippen molar-refractivity contribution in [3.05, 3.63) is 11.6 Å². The minimum absolute atomic E-state index is 0.424. The third-order valence-electron chi connectivity index (χ3n) is 0.848. The Morgan fingerprint density at radius 2 is 1.75 bits per heavy atom. The number of allylic oxidation sites excluding steroid dienone is 1. The minimum atomic E-state index is -0.827. The van der Waals surface area contributed by atoms with E-state index in [4.69, 9.17) is 5.11 Å². The summed E-state index contributed by atoms with van der Waals surface area (Å²) in [7, 11) is 6.00. The summed E-state index contributed by atoms with van der Waals surface area (Å²) >= 11 is 0. The van der Waals surface area contributed by atoms with Crippen LogP contribution in [0.25, 0.3) is 0 Å². The first-order valence-corrected chi connectivity index (χ1v) is 3.92. The van der Waals surface area contributed by atoms with Gasteiger partial charge in [-0.05, 0) is 34.5 Å². The van der Waals surface area contributed by atoms with Gasteiger partial charge in [-0.2, -0.15) is 0 Å². The van der Waals surface area contributed by atoms with Gasteiger partial charge in [0.05, 0.1) is 0 Å². The lowest BCUT2D eigenvalue weighted by Crippen LogP contribution is -1.99. The monoisotopic (exact) mass is 173 g/mol. The lowest BCUT2D eigenvalue weighted by atomic mass is 10.2. The Bertz CT molecular complexity index is 148. The molecule has 12 heavy (non-hydrogen) atoms. The smallest absolute Gasteiger partial charge is 0.330 e. The molecule has 0 aromatic heterocycles. The van der Waals surface area contributed by atoms with Crippen molar-refractivity contribution in [2.24, 2.45) is 0 Å². The fraction of sp³-hybridized carbons (Fsp3) is 0.667. The Hall–Kier alpha value is -0.830. The third kappa shape index (κ3) is 16.1. The summed E-state index contributed by atoms with van der Waals surface area (Å²) in [5.74, 6) is -0.827. The van der Waals surface area contributed by atoms with Crippen LogP contribution in [0.15, 0.2) is 11.6 Å². The highest BCUT2D eigenvalue weighted by Gasteiger charge is 1.94. The molecule has 0 saturated heterocycles. The lowest BCUT2D eigenvalue weighted by Gasteiger charge is -1.90. The van der Waals surface area contributed by atoms with E-state index in [-0.39, 0.29) is 0 Å².